The van der Waals surface area contributed by atoms with E-state index in [9.17, 15) is 4.79 Å². The van der Waals surface area contributed by atoms with E-state index < -0.39 is 0 Å². The summed E-state index contributed by atoms with van der Waals surface area (Å²) in [5.41, 5.74) is 1.20. The van der Waals surface area contributed by atoms with Crippen molar-refractivity contribution >= 4 is 47.5 Å². The number of nitrogens with one attached hydrogen (secondary N) is 2. The number of esters is 1. The predicted octanol–water partition coefficient (Wildman–Crippen LogP) is 2.23. The predicted molar refractivity (Wildman–Crippen MR) is 96.6 cm³/mol. The zero-order chi connectivity index (χ0) is 14.8. The Morgan fingerprint density at radius 3 is 2.43 bits per heavy atom. The average Bonchev–Trinajstić information content (AvgIpc) is 2.47. The highest BCUT2D eigenvalue weighted by Gasteiger charge is 2.01. The molecule has 0 atom stereocenters. The third kappa shape index (κ3) is 8.77. The second-order valence-electron chi connectivity index (χ2n) is 4.13. The molecule has 118 valence electrons. The molecule has 1 rings (SSSR count). The highest BCUT2D eigenvalue weighted by molar-refractivity contribution is 14.0. The fourth-order valence-electron chi connectivity index (χ4n) is 1.58. The van der Waals surface area contributed by atoms with Gasteiger partial charge >= 0.3 is 5.97 Å². The zero-order valence-corrected chi connectivity index (χ0v) is 15.3. The molecule has 0 aliphatic rings. The molecule has 2 N–H and O–H groups in total. The fourth-order valence-corrected chi connectivity index (χ4v) is 1.71. The first kappa shape index (κ1) is 20.0. The number of rotatable bonds is 6. The Balaban J connectivity index is 0.00000400. The normalized spacial score (nSPS) is 10.5. The molecule has 0 aromatic heterocycles. The smallest absolute Gasteiger partial charge is 0.307 e. The standard InChI is InChI=1S/C14H20ClN3O2.HI/c1-16-14(18-10-8-13(19)20-2)17-9-7-11-3-5-12(15)6-4-11;/h3-6H,7-10H2,1-2H3,(H2,16,17,18);1H. The quantitative estimate of drug-likeness (QED) is 0.318. The molecule has 1 aromatic rings. The van der Waals surface area contributed by atoms with E-state index in [4.69, 9.17) is 11.6 Å². The highest BCUT2D eigenvalue weighted by Crippen LogP contribution is 2.09. The van der Waals surface area contributed by atoms with Gasteiger partial charge in [-0.05, 0) is 24.1 Å². The van der Waals surface area contributed by atoms with Crippen molar-refractivity contribution < 1.29 is 9.53 Å². The average molecular weight is 426 g/mol. The summed E-state index contributed by atoms with van der Waals surface area (Å²) in [4.78, 5) is 15.1. The van der Waals surface area contributed by atoms with E-state index >= 15 is 0 Å². The van der Waals surface area contributed by atoms with E-state index in [1.165, 1.54) is 12.7 Å². The highest BCUT2D eigenvalue weighted by atomic mass is 127. The third-order valence-electron chi connectivity index (χ3n) is 2.69. The van der Waals surface area contributed by atoms with Gasteiger partial charge in [0.25, 0.3) is 0 Å². The molecule has 5 nitrogen and oxygen atoms in total. The topological polar surface area (TPSA) is 62.7 Å². The second kappa shape index (κ2) is 11.6. The molecule has 21 heavy (non-hydrogen) atoms. The molecule has 0 radical (unpaired) electrons. The first-order valence-corrected chi connectivity index (χ1v) is 6.79. The van der Waals surface area contributed by atoms with Crippen LogP contribution in [0.3, 0.4) is 0 Å². The van der Waals surface area contributed by atoms with Crippen LogP contribution in [-0.2, 0) is 16.0 Å². The van der Waals surface area contributed by atoms with Crippen LogP contribution in [0.4, 0.5) is 0 Å². The largest absolute Gasteiger partial charge is 0.469 e. The van der Waals surface area contributed by atoms with E-state index in [1.54, 1.807) is 7.05 Å². The third-order valence-corrected chi connectivity index (χ3v) is 2.94. The number of carbonyl (C=O) groups is 1. The lowest BCUT2D eigenvalue weighted by Gasteiger charge is -2.11. The van der Waals surface area contributed by atoms with E-state index in [2.05, 4.69) is 20.4 Å². The first-order chi connectivity index (χ1) is 9.65. The van der Waals surface area contributed by atoms with Crippen molar-refractivity contribution in [3.8, 4) is 0 Å². The number of carbonyl (C=O) groups excluding carboxylic acids is 1. The Labute approximate surface area is 147 Å². The molecule has 0 heterocycles. The number of ether oxygens (including phenoxy) is 1. The molecular formula is C14H21ClIN3O2. The molecule has 7 heteroatoms. The monoisotopic (exact) mass is 425 g/mol. The summed E-state index contributed by atoms with van der Waals surface area (Å²) in [5.74, 6) is 0.428. The minimum atomic E-state index is -0.242. The Bertz CT molecular complexity index is 452. The molecule has 0 saturated carbocycles. The SMILES string of the molecule is CN=C(NCCC(=O)OC)NCCc1ccc(Cl)cc1.I. The van der Waals surface area contributed by atoms with E-state index in [-0.39, 0.29) is 29.9 Å². The molecule has 0 unspecified atom stereocenters. The summed E-state index contributed by atoms with van der Waals surface area (Å²) in [6.07, 6.45) is 1.18. The Morgan fingerprint density at radius 2 is 1.86 bits per heavy atom. The van der Waals surface area contributed by atoms with Gasteiger partial charge in [-0.25, -0.2) is 0 Å². The molecule has 1 aromatic carbocycles. The summed E-state index contributed by atoms with van der Waals surface area (Å²) in [7, 11) is 3.07. The summed E-state index contributed by atoms with van der Waals surface area (Å²) in [6.45, 7) is 1.24. The number of benzene rings is 1. The van der Waals surface area contributed by atoms with Crippen LogP contribution in [0.1, 0.15) is 12.0 Å². The lowest BCUT2D eigenvalue weighted by Crippen LogP contribution is -2.39. The maximum atomic E-state index is 11.0. The summed E-state index contributed by atoms with van der Waals surface area (Å²) < 4.78 is 4.56. The van der Waals surface area contributed by atoms with Crippen LogP contribution < -0.4 is 10.6 Å². The summed E-state index contributed by atoms with van der Waals surface area (Å²) >= 11 is 5.83. The number of aliphatic imine (C=N–C) groups is 1. The maximum Gasteiger partial charge on any atom is 0.307 e. The van der Waals surface area contributed by atoms with Crippen molar-refractivity contribution in [2.24, 2.45) is 4.99 Å². The van der Waals surface area contributed by atoms with Gasteiger partial charge < -0.3 is 15.4 Å². The zero-order valence-electron chi connectivity index (χ0n) is 12.2. The van der Waals surface area contributed by atoms with Crippen molar-refractivity contribution in [1.29, 1.82) is 0 Å². The van der Waals surface area contributed by atoms with E-state index in [1.807, 2.05) is 24.3 Å². The molecule has 0 aliphatic heterocycles. The molecule has 0 bridgehead atoms. The van der Waals surface area contributed by atoms with Gasteiger partial charge in [0, 0.05) is 25.2 Å². The molecule has 0 fully saturated rings. The van der Waals surface area contributed by atoms with Gasteiger partial charge in [0.2, 0.25) is 0 Å². The van der Waals surface area contributed by atoms with Crippen molar-refractivity contribution in [1.82, 2.24) is 10.6 Å². The van der Waals surface area contributed by atoms with Gasteiger partial charge in [0.15, 0.2) is 5.96 Å². The van der Waals surface area contributed by atoms with Gasteiger partial charge in [0.1, 0.15) is 0 Å². The van der Waals surface area contributed by atoms with Gasteiger partial charge in [-0.3, -0.25) is 9.79 Å². The number of methoxy groups -OCH3 is 1. The molecule has 0 spiro atoms. The van der Waals surface area contributed by atoms with Crippen LogP contribution in [-0.4, -0.2) is 39.2 Å². The van der Waals surface area contributed by atoms with Crippen LogP contribution in [0.2, 0.25) is 5.02 Å². The second-order valence-corrected chi connectivity index (χ2v) is 4.56. The lowest BCUT2D eigenvalue weighted by atomic mass is 10.1. The molecule has 0 aliphatic carbocycles. The van der Waals surface area contributed by atoms with Crippen molar-refractivity contribution in [3.63, 3.8) is 0 Å². The van der Waals surface area contributed by atoms with Crippen molar-refractivity contribution in [3.05, 3.63) is 34.9 Å². The number of guanidine groups is 1. The van der Waals surface area contributed by atoms with Gasteiger partial charge in [-0.2, -0.15) is 0 Å². The maximum absolute atomic E-state index is 11.0. The fraction of sp³-hybridized carbons (Fsp3) is 0.429. The Hall–Kier alpha value is -1.02. The number of nitrogens with zero attached hydrogens (tertiary/aromatic N) is 1. The number of hydrogen-bond acceptors (Lipinski definition) is 3. The minimum Gasteiger partial charge on any atom is -0.469 e. The van der Waals surface area contributed by atoms with Crippen molar-refractivity contribution in [2.75, 3.05) is 27.2 Å². The van der Waals surface area contributed by atoms with Gasteiger partial charge in [-0.1, -0.05) is 23.7 Å². The van der Waals surface area contributed by atoms with Crippen LogP contribution in [0, 0.1) is 0 Å². The Morgan fingerprint density at radius 1 is 1.24 bits per heavy atom. The van der Waals surface area contributed by atoms with Crippen LogP contribution in [0.25, 0.3) is 0 Å². The van der Waals surface area contributed by atoms with Gasteiger partial charge in [0.05, 0.1) is 13.5 Å². The molecule has 0 amide bonds. The number of halogens is 2. The molecule has 0 saturated heterocycles. The van der Waals surface area contributed by atoms with E-state index in [0.717, 1.165) is 18.0 Å². The lowest BCUT2D eigenvalue weighted by molar-refractivity contribution is -0.140. The van der Waals surface area contributed by atoms with Crippen LogP contribution in [0.5, 0.6) is 0 Å². The van der Waals surface area contributed by atoms with Gasteiger partial charge in [-0.15, -0.1) is 24.0 Å². The molecular weight excluding hydrogens is 405 g/mol. The Kier molecular flexibility index (Phi) is 11.1. The van der Waals surface area contributed by atoms with Crippen LogP contribution in [0.15, 0.2) is 29.3 Å². The number of hydrogen-bond donors (Lipinski definition) is 2. The summed E-state index contributed by atoms with van der Waals surface area (Å²) in [5, 5.41) is 6.96. The minimum absolute atomic E-state index is 0. The van der Waals surface area contributed by atoms with Crippen LogP contribution >= 0.6 is 35.6 Å². The summed E-state index contributed by atoms with van der Waals surface area (Å²) in [6, 6.07) is 7.75. The first-order valence-electron chi connectivity index (χ1n) is 6.41. The van der Waals surface area contributed by atoms with E-state index in [0.29, 0.717) is 18.9 Å². The van der Waals surface area contributed by atoms with Crippen molar-refractivity contribution in [2.45, 2.75) is 12.8 Å².